The van der Waals surface area contributed by atoms with Crippen molar-refractivity contribution in [2.24, 2.45) is 11.8 Å². The predicted molar refractivity (Wildman–Crippen MR) is 77.3 cm³/mol. The zero-order valence-electron chi connectivity index (χ0n) is 12.4. The molecule has 0 aromatic carbocycles. The number of aliphatic hydroxyl groups excluding tert-OH is 1. The average molecular weight is 242 g/mol. The first-order valence-electron chi connectivity index (χ1n) is 7.81. The Kier molecular flexibility index (Phi) is 12.4. The molecular formula is C16H34O. The van der Waals surface area contributed by atoms with Gasteiger partial charge in [0.2, 0.25) is 0 Å². The molecule has 1 N–H and O–H groups in total. The molecule has 1 nitrogen and oxygen atoms in total. The van der Waals surface area contributed by atoms with Gasteiger partial charge in [0, 0.05) is 6.61 Å². The first-order chi connectivity index (χ1) is 8.20. The fraction of sp³-hybridized carbons (Fsp3) is 1.00. The van der Waals surface area contributed by atoms with Gasteiger partial charge >= 0.3 is 0 Å². The summed E-state index contributed by atoms with van der Waals surface area (Å²) >= 11 is 0. The fourth-order valence-electron chi connectivity index (χ4n) is 2.32. The standard InChI is InChI=1S/C16H34O/c1-4-5-6-7-8-9-11-15(2)12-10-13-16(3)14-17/h15-17H,4-14H2,1-3H3/t15-,16+/m0/s1. The number of unbranched alkanes of at least 4 members (excludes halogenated alkanes) is 5. The Balaban J connectivity index is 3.20. The number of hydrogen-bond acceptors (Lipinski definition) is 1. The minimum atomic E-state index is 0.353. The number of hydrogen-bond donors (Lipinski definition) is 1. The average Bonchev–Trinajstić information content (AvgIpc) is 2.33. The third-order valence-corrected chi connectivity index (χ3v) is 3.76. The minimum absolute atomic E-state index is 0.353. The Morgan fingerprint density at radius 3 is 1.88 bits per heavy atom. The third-order valence-electron chi connectivity index (χ3n) is 3.76. The van der Waals surface area contributed by atoms with Crippen LogP contribution in [0.4, 0.5) is 0 Å². The van der Waals surface area contributed by atoms with Crippen LogP contribution in [0.15, 0.2) is 0 Å². The minimum Gasteiger partial charge on any atom is -0.396 e. The van der Waals surface area contributed by atoms with Gasteiger partial charge < -0.3 is 5.11 Å². The van der Waals surface area contributed by atoms with E-state index in [4.69, 9.17) is 5.11 Å². The van der Waals surface area contributed by atoms with Crippen LogP contribution >= 0.6 is 0 Å². The van der Waals surface area contributed by atoms with Gasteiger partial charge in [0.25, 0.3) is 0 Å². The Morgan fingerprint density at radius 1 is 0.706 bits per heavy atom. The van der Waals surface area contributed by atoms with E-state index in [1.54, 1.807) is 0 Å². The van der Waals surface area contributed by atoms with Crippen molar-refractivity contribution in [3.8, 4) is 0 Å². The highest BCUT2D eigenvalue weighted by Crippen LogP contribution is 2.18. The highest BCUT2D eigenvalue weighted by atomic mass is 16.3. The van der Waals surface area contributed by atoms with E-state index in [0.29, 0.717) is 12.5 Å². The van der Waals surface area contributed by atoms with Crippen molar-refractivity contribution in [2.45, 2.75) is 85.0 Å². The van der Waals surface area contributed by atoms with Gasteiger partial charge in [0.1, 0.15) is 0 Å². The zero-order chi connectivity index (χ0) is 12.9. The molecule has 0 aromatic heterocycles. The second-order valence-corrected chi connectivity index (χ2v) is 5.88. The molecule has 0 unspecified atom stereocenters. The normalized spacial score (nSPS) is 14.8. The van der Waals surface area contributed by atoms with E-state index >= 15 is 0 Å². The molecule has 0 fully saturated rings. The lowest BCUT2D eigenvalue weighted by molar-refractivity contribution is 0.225. The highest BCUT2D eigenvalue weighted by molar-refractivity contribution is 4.57. The summed E-state index contributed by atoms with van der Waals surface area (Å²) < 4.78 is 0. The summed E-state index contributed by atoms with van der Waals surface area (Å²) in [5, 5.41) is 8.94. The maximum Gasteiger partial charge on any atom is 0.0456 e. The predicted octanol–water partition coefficient (Wildman–Crippen LogP) is 5.17. The van der Waals surface area contributed by atoms with Crippen LogP contribution in [0.1, 0.15) is 85.0 Å². The van der Waals surface area contributed by atoms with Crippen molar-refractivity contribution >= 4 is 0 Å². The quantitative estimate of drug-likeness (QED) is 0.468. The molecule has 0 spiro atoms. The highest BCUT2D eigenvalue weighted by Gasteiger charge is 2.04. The Hall–Kier alpha value is -0.0400. The molecule has 0 rings (SSSR count). The Labute approximate surface area is 109 Å². The number of rotatable bonds is 12. The molecule has 0 saturated carbocycles. The van der Waals surface area contributed by atoms with E-state index in [-0.39, 0.29) is 0 Å². The van der Waals surface area contributed by atoms with Gasteiger partial charge in [-0.2, -0.15) is 0 Å². The van der Waals surface area contributed by atoms with Crippen molar-refractivity contribution in [3.05, 3.63) is 0 Å². The van der Waals surface area contributed by atoms with Crippen molar-refractivity contribution in [1.29, 1.82) is 0 Å². The van der Waals surface area contributed by atoms with Crippen LogP contribution in [0.25, 0.3) is 0 Å². The molecule has 2 atom stereocenters. The summed E-state index contributed by atoms with van der Waals surface area (Å²) in [6, 6.07) is 0. The van der Waals surface area contributed by atoms with Gasteiger partial charge in [-0.15, -0.1) is 0 Å². The summed E-state index contributed by atoms with van der Waals surface area (Å²) in [6.07, 6.45) is 13.7. The van der Waals surface area contributed by atoms with Gasteiger partial charge in [0.05, 0.1) is 0 Å². The first-order valence-corrected chi connectivity index (χ1v) is 7.81. The molecule has 0 heterocycles. The van der Waals surface area contributed by atoms with Crippen LogP contribution in [-0.2, 0) is 0 Å². The van der Waals surface area contributed by atoms with E-state index in [9.17, 15) is 0 Å². The van der Waals surface area contributed by atoms with Gasteiger partial charge in [-0.05, 0) is 18.3 Å². The summed E-state index contributed by atoms with van der Waals surface area (Å²) in [5.41, 5.74) is 0. The van der Waals surface area contributed by atoms with Gasteiger partial charge in [0.15, 0.2) is 0 Å². The van der Waals surface area contributed by atoms with Gasteiger partial charge in [-0.3, -0.25) is 0 Å². The van der Waals surface area contributed by atoms with Crippen LogP contribution in [0.5, 0.6) is 0 Å². The molecule has 0 saturated heterocycles. The van der Waals surface area contributed by atoms with Crippen molar-refractivity contribution in [1.82, 2.24) is 0 Å². The number of aliphatic hydroxyl groups is 1. The molecule has 104 valence electrons. The zero-order valence-corrected chi connectivity index (χ0v) is 12.4. The van der Waals surface area contributed by atoms with Gasteiger partial charge in [-0.25, -0.2) is 0 Å². The maximum atomic E-state index is 8.94. The largest absolute Gasteiger partial charge is 0.396 e. The molecule has 0 amide bonds. The Morgan fingerprint density at radius 2 is 1.24 bits per heavy atom. The SMILES string of the molecule is CCCCCCCC[C@H](C)CCC[C@@H](C)CO. The van der Waals surface area contributed by atoms with Gasteiger partial charge in [-0.1, -0.05) is 78.6 Å². The molecule has 0 bridgehead atoms. The second kappa shape index (κ2) is 12.4. The molecule has 0 aliphatic rings. The summed E-state index contributed by atoms with van der Waals surface area (Å²) in [6.45, 7) is 7.15. The molecule has 0 aliphatic heterocycles. The molecule has 0 aliphatic carbocycles. The molecule has 0 aromatic rings. The molecule has 0 radical (unpaired) electrons. The monoisotopic (exact) mass is 242 g/mol. The lowest BCUT2D eigenvalue weighted by Crippen LogP contribution is -2.02. The van der Waals surface area contributed by atoms with E-state index in [1.165, 1.54) is 64.2 Å². The lowest BCUT2D eigenvalue weighted by atomic mass is 9.94. The van der Waals surface area contributed by atoms with E-state index in [1.807, 2.05) is 0 Å². The smallest absolute Gasteiger partial charge is 0.0456 e. The Bertz CT molecular complexity index is 144. The first kappa shape index (κ1) is 17.0. The third kappa shape index (κ3) is 12.2. The lowest BCUT2D eigenvalue weighted by Gasteiger charge is -2.12. The maximum absolute atomic E-state index is 8.94. The summed E-state index contributed by atoms with van der Waals surface area (Å²) in [4.78, 5) is 0. The van der Waals surface area contributed by atoms with E-state index < -0.39 is 0 Å². The van der Waals surface area contributed by atoms with Crippen LogP contribution in [0.2, 0.25) is 0 Å². The molecular weight excluding hydrogens is 208 g/mol. The van der Waals surface area contributed by atoms with Crippen LogP contribution in [-0.4, -0.2) is 11.7 Å². The summed E-state index contributed by atoms with van der Waals surface area (Å²) in [7, 11) is 0. The van der Waals surface area contributed by atoms with Crippen LogP contribution in [0.3, 0.4) is 0 Å². The van der Waals surface area contributed by atoms with Crippen molar-refractivity contribution in [3.63, 3.8) is 0 Å². The van der Waals surface area contributed by atoms with E-state index in [2.05, 4.69) is 20.8 Å². The second-order valence-electron chi connectivity index (χ2n) is 5.88. The summed E-state index contributed by atoms with van der Waals surface area (Å²) in [5.74, 6) is 1.38. The van der Waals surface area contributed by atoms with E-state index in [0.717, 1.165) is 5.92 Å². The van der Waals surface area contributed by atoms with Crippen molar-refractivity contribution < 1.29 is 5.11 Å². The van der Waals surface area contributed by atoms with Crippen LogP contribution < -0.4 is 0 Å². The molecule has 1 heteroatoms. The van der Waals surface area contributed by atoms with Crippen molar-refractivity contribution in [2.75, 3.05) is 6.61 Å². The van der Waals surface area contributed by atoms with Crippen LogP contribution in [0, 0.1) is 11.8 Å². The topological polar surface area (TPSA) is 20.2 Å². The molecule has 17 heavy (non-hydrogen) atoms. The fourth-order valence-corrected chi connectivity index (χ4v) is 2.32.